The van der Waals surface area contributed by atoms with E-state index in [9.17, 15) is 24.3 Å². The first kappa shape index (κ1) is 41.2. The maximum Gasteiger partial charge on any atom is 0.343 e. The molecule has 0 bridgehead atoms. The molecule has 7 heteroatoms. The van der Waals surface area contributed by atoms with E-state index >= 15 is 0 Å². The molecule has 252 valence electrons. The maximum atomic E-state index is 11.9. The minimum atomic E-state index is -1.83. The predicted octanol–water partition coefficient (Wildman–Crippen LogP) is 9.84. The lowest BCUT2D eigenvalue weighted by molar-refractivity contribution is -0.171. The number of unbranched alkanes of at least 4 members (excludes halogenated alkanes) is 24. The van der Waals surface area contributed by atoms with Crippen molar-refractivity contribution in [2.45, 2.75) is 206 Å². The van der Waals surface area contributed by atoms with Crippen molar-refractivity contribution in [3.63, 3.8) is 0 Å². The van der Waals surface area contributed by atoms with E-state index in [1.54, 1.807) is 0 Å². The molecule has 0 aliphatic rings. The Kier molecular flexibility index (Phi) is 30.4. The Labute approximate surface area is 263 Å². The van der Waals surface area contributed by atoms with Crippen LogP contribution in [0.3, 0.4) is 0 Å². The Bertz CT molecular complexity index is 691. The summed E-state index contributed by atoms with van der Waals surface area (Å²) >= 11 is 0. The summed E-state index contributed by atoms with van der Waals surface area (Å²) in [5.74, 6) is -3.54. The van der Waals surface area contributed by atoms with Crippen molar-refractivity contribution in [1.82, 2.24) is 0 Å². The first-order chi connectivity index (χ1) is 20.9. The molecule has 0 spiro atoms. The molecule has 0 rings (SSSR count). The number of esters is 4. The van der Waals surface area contributed by atoms with Gasteiger partial charge in [0.15, 0.2) is 6.10 Å². The van der Waals surface area contributed by atoms with Crippen LogP contribution in [0.25, 0.3) is 0 Å². The number of hydrogen-bond acceptors (Lipinski definition) is 7. The van der Waals surface area contributed by atoms with Gasteiger partial charge in [-0.2, -0.15) is 0 Å². The molecule has 7 nitrogen and oxygen atoms in total. The van der Waals surface area contributed by atoms with E-state index in [2.05, 4.69) is 18.6 Å². The van der Waals surface area contributed by atoms with Crippen LogP contribution in [0.2, 0.25) is 0 Å². The van der Waals surface area contributed by atoms with Gasteiger partial charge in [0.25, 0.3) is 0 Å². The number of aliphatic hydroxyl groups is 1. The lowest BCUT2D eigenvalue weighted by atomic mass is 10.0. The second-order valence-electron chi connectivity index (χ2n) is 12.3. The molecule has 0 aliphatic heterocycles. The predicted molar refractivity (Wildman–Crippen MR) is 173 cm³/mol. The second kappa shape index (κ2) is 31.7. The molecule has 0 aromatic heterocycles. The lowest BCUT2D eigenvalue weighted by Gasteiger charge is -2.09. The molecule has 1 unspecified atom stereocenters. The zero-order chi connectivity index (χ0) is 31.8. The molecule has 43 heavy (non-hydrogen) atoms. The third kappa shape index (κ3) is 30.1. The average Bonchev–Trinajstić information content (AvgIpc) is 2.97. The molecule has 0 heterocycles. The van der Waals surface area contributed by atoms with Crippen LogP contribution in [-0.2, 0) is 28.7 Å². The largest absolute Gasteiger partial charge is 0.393 e. The van der Waals surface area contributed by atoms with Gasteiger partial charge in [0, 0.05) is 12.8 Å². The fourth-order valence-electron chi connectivity index (χ4n) is 5.27. The van der Waals surface area contributed by atoms with Crippen LogP contribution in [0, 0.1) is 0 Å². The van der Waals surface area contributed by atoms with Crippen LogP contribution >= 0.6 is 0 Å². The van der Waals surface area contributed by atoms with E-state index in [1.165, 1.54) is 116 Å². The van der Waals surface area contributed by atoms with Crippen LogP contribution < -0.4 is 0 Å². The van der Waals surface area contributed by atoms with Crippen LogP contribution in [0.15, 0.2) is 0 Å². The summed E-state index contributed by atoms with van der Waals surface area (Å²) < 4.78 is 9.36. The van der Waals surface area contributed by atoms with E-state index in [0.29, 0.717) is 12.8 Å². The first-order valence-electron chi connectivity index (χ1n) is 18.1. The highest BCUT2D eigenvalue weighted by Crippen LogP contribution is 2.15. The fourth-order valence-corrected chi connectivity index (χ4v) is 5.27. The van der Waals surface area contributed by atoms with Crippen molar-refractivity contribution < 1.29 is 33.8 Å². The van der Waals surface area contributed by atoms with Gasteiger partial charge in [-0.15, -0.1) is 0 Å². The van der Waals surface area contributed by atoms with Crippen molar-refractivity contribution in [1.29, 1.82) is 0 Å². The number of carbonyl (C=O) groups excluding carboxylic acids is 4. The average molecular weight is 611 g/mol. The van der Waals surface area contributed by atoms with E-state index in [-0.39, 0.29) is 12.8 Å². The first-order valence-corrected chi connectivity index (χ1v) is 18.1. The minimum Gasteiger partial charge on any atom is -0.393 e. The number of carbonyl (C=O) groups is 4. The van der Waals surface area contributed by atoms with Crippen molar-refractivity contribution in [3.8, 4) is 0 Å². The quantitative estimate of drug-likeness (QED) is 0.0473. The van der Waals surface area contributed by atoms with Crippen LogP contribution in [0.1, 0.15) is 200 Å². The Balaban J connectivity index is 3.66. The summed E-state index contributed by atoms with van der Waals surface area (Å²) in [7, 11) is 0. The van der Waals surface area contributed by atoms with Gasteiger partial charge in [0.2, 0.25) is 0 Å². The molecular formula is C36H66O7. The van der Waals surface area contributed by atoms with Crippen molar-refractivity contribution in [2.24, 2.45) is 0 Å². The molecule has 0 saturated heterocycles. The third-order valence-corrected chi connectivity index (χ3v) is 8.04. The van der Waals surface area contributed by atoms with Gasteiger partial charge in [0.05, 0.1) is 6.42 Å². The van der Waals surface area contributed by atoms with E-state index in [1.807, 2.05) is 0 Å². The van der Waals surface area contributed by atoms with Gasteiger partial charge in [0.1, 0.15) is 0 Å². The second-order valence-corrected chi connectivity index (χ2v) is 12.3. The molecule has 0 radical (unpaired) electrons. The van der Waals surface area contributed by atoms with E-state index in [0.717, 1.165) is 38.5 Å². The minimum absolute atomic E-state index is 0.0955. The third-order valence-electron chi connectivity index (χ3n) is 8.04. The van der Waals surface area contributed by atoms with E-state index in [4.69, 9.17) is 4.74 Å². The molecular weight excluding hydrogens is 544 g/mol. The monoisotopic (exact) mass is 610 g/mol. The zero-order valence-electron chi connectivity index (χ0n) is 28.0. The Morgan fingerprint density at radius 1 is 0.419 bits per heavy atom. The Morgan fingerprint density at radius 3 is 1.02 bits per heavy atom. The summed E-state index contributed by atoms with van der Waals surface area (Å²) in [5.41, 5.74) is 0. The number of hydrogen-bond donors (Lipinski definition) is 1. The number of aliphatic hydroxyl groups excluding tert-OH is 1. The van der Waals surface area contributed by atoms with Crippen molar-refractivity contribution in [2.75, 3.05) is 0 Å². The summed E-state index contributed by atoms with van der Waals surface area (Å²) in [5, 5.41) is 9.89. The molecule has 0 saturated carbocycles. The topological polar surface area (TPSA) is 107 Å². The molecule has 0 aromatic carbocycles. The molecule has 1 N–H and O–H groups in total. The number of ether oxygens (including phenoxy) is 2. The maximum absolute atomic E-state index is 11.9. The van der Waals surface area contributed by atoms with E-state index < -0.39 is 36.4 Å². The summed E-state index contributed by atoms with van der Waals surface area (Å²) in [6, 6.07) is 0. The molecule has 0 aromatic rings. The summed E-state index contributed by atoms with van der Waals surface area (Å²) in [4.78, 5) is 47.6. The van der Waals surface area contributed by atoms with Gasteiger partial charge in [-0.25, -0.2) is 4.79 Å². The van der Waals surface area contributed by atoms with Crippen molar-refractivity contribution in [3.05, 3.63) is 0 Å². The fraction of sp³-hybridized carbons (Fsp3) is 0.889. The van der Waals surface area contributed by atoms with Gasteiger partial charge in [-0.3, -0.25) is 14.4 Å². The van der Waals surface area contributed by atoms with Gasteiger partial charge < -0.3 is 14.6 Å². The van der Waals surface area contributed by atoms with Crippen LogP contribution in [-0.4, -0.2) is 35.1 Å². The summed E-state index contributed by atoms with van der Waals surface area (Å²) in [6.07, 6.45) is 28.7. The molecule has 0 amide bonds. The Hall–Kier alpha value is -1.76. The molecule has 0 fully saturated rings. The van der Waals surface area contributed by atoms with Gasteiger partial charge >= 0.3 is 23.9 Å². The highest BCUT2D eigenvalue weighted by Gasteiger charge is 2.25. The van der Waals surface area contributed by atoms with Gasteiger partial charge in [-0.05, 0) is 12.8 Å². The smallest absolute Gasteiger partial charge is 0.343 e. The van der Waals surface area contributed by atoms with Crippen LogP contribution in [0.5, 0.6) is 0 Å². The molecule has 0 aliphatic carbocycles. The SMILES string of the molecule is CCCCCCCCCCCCCCCC(=O)OC(=O)CC(O)C(=O)OC(=O)CCCCCCCCCCCCCCC. The normalized spacial score (nSPS) is 11.8. The molecule has 1 atom stereocenters. The van der Waals surface area contributed by atoms with Crippen molar-refractivity contribution >= 4 is 23.9 Å². The Morgan fingerprint density at radius 2 is 0.698 bits per heavy atom. The summed E-state index contributed by atoms with van der Waals surface area (Å²) in [6.45, 7) is 4.47. The van der Waals surface area contributed by atoms with Crippen LogP contribution in [0.4, 0.5) is 0 Å². The van der Waals surface area contributed by atoms with Gasteiger partial charge in [-0.1, -0.05) is 168 Å². The highest BCUT2D eigenvalue weighted by atomic mass is 16.6. The standard InChI is InChI=1S/C36H66O7/c1-3-5-7-9-11-13-15-17-19-21-23-25-27-29-33(38)42-35(40)31-32(37)36(41)43-34(39)30-28-26-24-22-20-18-16-14-12-10-8-6-4-2/h32,37H,3-31H2,1-2H3. The highest BCUT2D eigenvalue weighted by molar-refractivity contribution is 5.92. The number of rotatable bonds is 31. The zero-order valence-corrected chi connectivity index (χ0v) is 28.0. The lowest BCUT2D eigenvalue weighted by Crippen LogP contribution is -2.29.